The molecule has 0 aromatic rings. The Morgan fingerprint density at radius 2 is 1.67 bits per heavy atom. The molecule has 0 bridgehead atoms. The summed E-state index contributed by atoms with van der Waals surface area (Å²) in [6, 6.07) is 0. The van der Waals surface area contributed by atoms with E-state index in [4.69, 9.17) is 4.74 Å². The fraction of sp³-hybridized carbons (Fsp3) is 0.636. The van der Waals surface area contributed by atoms with E-state index in [-0.39, 0.29) is 5.97 Å². The molecule has 0 aliphatic carbocycles. The molecule has 0 N–H and O–H groups in total. The minimum Gasteiger partial charge on any atom is -0.457 e. The molecule has 15 heavy (non-hydrogen) atoms. The van der Waals surface area contributed by atoms with Crippen molar-refractivity contribution in [1.29, 1.82) is 0 Å². The van der Waals surface area contributed by atoms with Gasteiger partial charge in [-0.15, -0.1) is 0 Å². The van der Waals surface area contributed by atoms with Crippen LogP contribution in [0.2, 0.25) is 0 Å². The number of nitrogens with zero attached hydrogens (tertiary/aromatic N) is 1. The van der Waals surface area contributed by atoms with Gasteiger partial charge in [-0.05, 0) is 27.7 Å². The van der Waals surface area contributed by atoms with Gasteiger partial charge in [0.2, 0.25) is 6.41 Å². The van der Waals surface area contributed by atoms with Gasteiger partial charge in [0.25, 0.3) is 0 Å². The highest BCUT2D eigenvalue weighted by Gasteiger charge is 2.15. The Labute approximate surface area is 91.9 Å². The maximum Gasteiger partial charge on any atom is 0.333 e. The lowest BCUT2D eigenvalue weighted by Gasteiger charge is -2.19. The molecular weight excluding hydrogens is 194 g/mol. The van der Waals surface area contributed by atoms with Crippen LogP contribution in [-0.2, 0) is 14.3 Å². The van der Waals surface area contributed by atoms with Crippen molar-refractivity contribution in [3.8, 4) is 0 Å². The molecule has 0 saturated carbocycles. The Morgan fingerprint density at radius 3 is 1.73 bits per heavy atom. The molecule has 4 nitrogen and oxygen atoms in total. The van der Waals surface area contributed by atoms with E-state index in [1.165, 1.54) is 4.90 Å². The van der Waals surface area contributed by atoms with E-state index < -0.39 is 5.60 Å². The van der Waals surface area contributed by atoms with E-state index in [2.05, 4.69) is 6.58 Å². The summed E-state index contributed by atoms with van der Waals surface area (Å²) in [7, 11) is 3.38. The molecule has 88 valence electrons. The summed E-state index contributed by atoms with van der Waals surface area (Å²) in [5, 5.41) is 0. The van der Waals surface area contributed by atoms with Crippen LogP contribution in [0.25, 0.3) is 0 Å². The second-order valence-electron chi connectivity index (χ2n) is 4.35. The first-order valence-electron chi connectivity index (χ1n) is 4.60. The van der Waals surface area contributed by atoms with Gasteiger partial charge in [0, 0.05) is 19.7 Å². The van der Waals surface area contributed by atoms with Gasteiger partial charge in [-0.1, -0.05) is 6.58 Å². The molecule has 0 aromatic heterocycles. The van der Waals surface area contributed by atoms with Crippen molar-refractivity contribution in [1.82, 2.24) is 4.90 Å². The molecule has 4 heteroatoms. The average Bonchev–Trinajstić information content (AvgIpc) is 2.02. The quantitative estimate of drug-likeness (QED) is 0.399. The van der Waals surface area contributed by atoms with Gasteiger partial charge in [0.15, 0.2) is 0 Å². The highest BCUT2D eigenvalue weighted by molar-refractivity contribution is 5.87. The molecule has 0 spiro atoms. The lowest BCUT2D eigenvalue weighted by atomic mass is 10.2. The van der Waals surface area contributed by atoms with Crippen molar-refractivity contribution in [2.45, 2.75) is 33.3 Å². The van der Waals surface area contributed by atoms with Crippen molar-refractivity contribution in [2.24, 2.45) is 0 Å². The lowest BCUT2D eigenvalue weighted by Crippen LogP contribution is -2.23. The number of amides is 1. The predicted octanol–water partition coefficient (Wildman–Crippen LogP) is 1.61. The second kappa shape index (κ2) is 7.04. The number of hydrogen-bond acceptors (Lipinski definition) is 3. The topological polar surface area (TPSA) is 46.6 Å². The Hall–Kier alpha value is -1.32. The van der Waals surface area contributed by atoms with E-state index >= 15 is 0 Å². The highest BCUT2D eigenvalue weighted by atomic mass is 16.6. The van der Waals surface area contributed by atoms with Crippen LogP contribution in [0.4, 0.5) is 0 Å². The zero-order valence-corrected chi connectivity index (χ0v) is 10.5. The molecule has 0 radical (unpaired) electrons. The number of ether oxygens (including phenoxy) is 1. The minimum atomic E-state index is -0.407. The van der Waals surface area contributed by atoms with Crippen molar-refractivity contribution in [2.75, 3.05) is 14.1 Å². The third kappa shape index (κ3) is 15.4. The zero-order valence-electron chi connectivity index (χ0n) is 10.5. The van der Waals surface area contributed by atoms with Gasteiger partial charge >= 0.3 is 5.97 Å². The van der Waals surface area contributed by atoms with E-state index in [0.717, 1.165) is 6.41 Å². The molecule has 0 unspecified atom stereocenters. The van der Waals surface area contributed by atoms with Gasteiger partial charge in [-0.2, -0.15) is 0 Å². The lowest BCUT2D eigenvalue weighted by molar-refractivity contribution is -0.149. The predicted molar refractivity (Wildman–Crippen MR) is 60.4 cm³/mol. The van der Waals surface area contributed by atoms with Crippen LogP contribution in [0.1, 0.15) is 27.7 Å². The summed E-state index contributed by atoms with van der Waals surface area (Å²) in [6.07, 6.45) is 0.750. The number of hydrogen-bond donors (Lipinski definition) is 0. The van der Waals surface area contributed by atoms with E-state index in [0.29, 0.717) is 5.57 Å². The summed E-state index contributed by atoms with van der Waals surface area (Å²) in [4.78, 5) is 21.7. The minimum absolute atomic E-state index is 0.326. The summed E-state index contributed by atoms with van der Waals surface area (Å²) >= 11 is 0. The molecule has 0 heterocycles. The van der Waals surface area contributed by atoms with Gasteiger partial charge in [-0.3, -0.25) is 4.79 Å². The van der Waals surface area contributed by atoms with Crippen LogP contribution in [0.3, 0.4) is 0 Å². The van der Waals surface area contributed by atoms with Crippen LogP contribution in [0, 0.1) is 0 Å². The average molecular weight is 215 g/mol. The van der Waals surface area contributed by atoms with Gasteiger partial charge in [-0.25, -0.2) is 4.79 Å². The first-order valence-corrected chi connectivity index (χ1v) is 4.60. The fourth-order valence-corrected chi connectivity index (χ4v) is 0.365. The number of carbonyl (C=O) groups is 2. The maximum atomic E-state index is 10.8. The second-order valence-corrected chi connectivity index (χ2v) is 4.35. The summed E-state index contributed by atoms with van der Waals surface area (Å²) < 4.78 is 4.96. The van der Waals surface area contributed by atoms with Crippen molar-refractivity contribution < 1.29 is 14.3 Å². The SMILES string of the molecule is C=C(C)C(=O)OC(C)(C)C.CN(C)C=O. The number of carbonyl (C=O) groups excluding carboxylic acids is 2. The van der Waals surface area contributed by atoms with Crippen molar-refractivity contribution >= 4 is 12.4 Å². The van der Waals surface area contributed by atoms with E-state index in [9.17, 15) is 9.59 Å². The smallest absolute Gasteiger partial charge is 0.333 e. The van der Waals surface area contributed by atoms with Crippen LogP contribution >= 0.6 is 0 Å². The molecule has 0 atom stereocenters. The molecule has 1 amide bonds. The third-order valence-electron chi connectivity index (χ3n) is 0.958. The first-order chi connectivity index (χ1) is 6.60. The van der Waals surface area contributed by atoms with Crippen molar-refractivity contribution in [3.63, 3.8) is 0 Å². The largest absolute Gasteiger partial charge is 0.457 e. The van der Waals surface area contributed by atoms with Crippen LogP contribution in [-0.4, -0.2) is 37.0 Å². The standard InChI is InChI=1S/C8H14O2.C3H7NO/c1-6(2)7(9)10-8(3,4)5;1-4(2)3-5/h1H2,2-5H3;3H,1-2H3. The first kappa shape index (κ1) is 16.1. The summed E-state index contributed by atoms with van der Waals surface area (Å²) in [5.74, 6) is -0.326. The number of rotatable bonds is 2. The highest BCUT2D eigenvalue weighted by Crippen LogP contribution is 2.09. The van der Waals surface area contributed by atoms with Crippen LogP contribution in [0.5, 0.6) is 0 Å². The number of esters is 1. The fourth-order valence-electron chi connectivity index (χ4n) is 0.365. The molecule has 0 aromatic carbocycles. The summed E-state index contributed by atoms with van der Waals surface area (Å²) in [6.45, 7) is 10.6. The molecular formula is C11H21NO3. The third-order valence-corrected chi connectivity index (χ3v) is 0.958. The molecule has 0 rings (SSSR count). The van der Waals surface area contributed by atoms with Gasteiger partial charge in [0.1, 0.15) is 5.60 Å². The Balaban J connectivity index is 0. The van der Waals surface area contributed by atoms with Gasteiger partial charge in [0.05, 0.1) is 0 Å². The molecule has 0 aliphatic heterocycles. The molecule has 0 saturated heterocycles. The molecule has 0 aliphatic rings. The Bertz CT molecular complexity index is 226. The van der Waals surface area contributed by atoms with E-state index in [1.54, 1.807) is 21.0 Å². The molecule has 0 fully saturated rings. The zero-order chi connectivity index (χ0) is 12.6. The van der Waals surface area contributed by atoms with E-state index in [1.807, 2.05) is 20.8 Å². The van der Waals surface area contributed by atoms with Crippen LogP contribution in [0.15, 0.2) is 12.2 Å². The van der Waals surface area contributed by atoms with Gasteiger partial charge < -0.3 is 9.64 Å². The summed E-state index contributed by atoms with van der Waals surface area (Å²) in [5.41, 5.74) is 0.0330. The monoisotopic (exact) mass is 215 g/mol. The van der Waals surface area contributed by atoms with Crippen LogP contribution < -0.4 is 0 Å². The normalized spacial score (nSPS) is 9.47. The van der Waals surface area contributed by atoms with Crippen molar-refractivity contribution in [3.05, 3.63) is 12.2 Å². The Kier molecular flexibility index (Phi) is 7.56. The Morgan fingerprint density at radius 1 is 1.33 bits per heavy atom. The maximum absolute atomic E-state index is 10.8.